The van der Waals surface area contributed by atoms with Crippen molar-refractivity contribution in [1.82, 2.24) is 4.90 Å². The van der Waals surface area contributed by atoms with Gasteiger partial charge >= 0.3 is 0 Å². The highest BCUT2D eigenvalue weighted by atomic mass is 16.5. The molecule has 0 N–H and O–H groups in total. The minimum absolute atomic E-state index is 0.192. The molecule has 1 saturated carbocycles. The van der Waals surface area contributed by atoms with Crippen molar-refractivity contribution >= 4 is 0 Å². The molecule has 1 fully saturated rings. The van der Waals surface area contributed by atoms with Gasteiger partial charge in [0.1, 0.15) is 0 Å². The summed E-state index contributed by atoms with van der Waals surface area (Å²) in [6, 6.07) is 0.564. The van der Waals surface area contributed by atoms with E-state index in [0.29, 0.717) is 12.1 Å². The second-order valence-electron chi connectivity index (χ2n) is 7.34. The van der Waals surface area contributed by atoms with Gasteiger partial charge in [0.25, 0.3) is 0 Å². The van der Waals surface area contributed by atoms with Crippen molar-refractivity contribution in [3.63, 3.8) is 0 Å². The molecule has 0 amide bonds. The molecule has 0 unspecified atom stereocenters. The van der Waals surface area contributed by atoms with Crippen molar-refractivity contribution in [2.45, 2.75) is 90.4 Å². The van der Waals surface area contributed by atoms with Gasteiger partial charge in [-0.2, -0.15) is 0 Å². The maximum absolute atomic E-state index is 5.73. The Kier molecular flexibility index (Phi) is 4.65. The Balaban J connectivity index is 2.96. The molecule has 102 valence electrons. The molecule has 0 aliphatic heterocycles. The summed E-state index contributed by atoms with van der Waals surface area (Å²) in [5.74, 6) is 0. The summed E-state index contributed by atoms with van der Waals surface area (Å²) in [6.07, 6.45) is 5.54. The Bertz CT molecular complexity index is 222. The quantitative estimate of drug-likeness (QED) is 0.728. The van der Waals surface area contributed by atoms with E-state index in [4.69, 9.17) is 4.74 Å². The standard InChI is InChI=1S/C15H31NO/c1-14(2,3)16(15(4,5)6)12-10-8-9-11-13(12)17-7/h12-13H,8-11H2,1-7H3/t12-,13+/m1/s1. The molecule has 0 aromatic carbocycles. The summed E-state index contributed by atoms with van der Waals surface area (Å²) in [5.41, 5.74) is 0.383. The summed E-state index contributed by atoms with van der Waals surface area (Å²) in [7, 11) is 1.87. The van der Waals surface area contributed by atoms with Crippen molar-refractivity contribution < 1.29 is 4.74 Å². The molecule has 2 atom stereocenters. The molecule has 2 nitrogen and oxygen atoms in total. The van der Waals surface area contributed by atoms with Crippen LogP contribution in [0, 0.1) is 0 Å². The monoisotopic (exact) mass is 241 g/mol. The first-order valence-electron chi connectivity index (χ1n) is 7.00. The summed E-state index contributed by atoms with van der Waals surface area (Å²) in [5, 5.41) is 0. The van der Waals surface area contributed by atoms with Crippen molar-refractivity contribution in [3.8, 4) is 0 Å². The fourth-order valence-corrected chi connectivity index (χ4v) is 3.65. The van der Waals surface area contributed by atoms with Gasteiger partial charge < -0.3 is 4.74 Å². The average Bonchev–Trinajstić information content (AvgIpc) is 2.14. The second-order valence-corrected chi connectivity index (χ2v) is 7.34. The van der Waals surface area contributed by atoms with Gasteiger partial charge in [0.2, 0.25) is 0 Å². The third kappa shape index (κ3) is 3.69. The van der Waals surface area contributed by atoms with Gasteiger partial charge in [-0.3, -0.25) is 4.90 Å². The minimum atomic E-state index is 0.192. The maximum Gasteiger partial charge on any atom is 0.0726 e. The molecule has 0 bridgehead atoms. The van der Waals surface area contributed by atoms with Crippen LogP contribution in [0.2, 0.25) is 0 Å². The van der Waals surface area contributed by atoms with Crippen LogP contribution in [0.4, 0.5) is 0 Å². The molecular weight excluding hydrogens is 210 g/mol. The summed E-state index contributed by atoms with van der Waals surface area (Å²) in [4.78, 5) is 2.66. The van der Waals surface area contributed by atoms with Gasteiger partial charge in [-0.1, -0.05) is 12.8 Å². The number of hydrogen-bond donors (Lipinski definition) is 0. The van der Waals surface area contributed by atoms with Crippen molar-refractivity contribution in [3.05, 3.63) is 0 Å². The van der Waals surface area contributed by atoms with Crippen molar-refractivity contribution in [1.29, 1.82) is 0 Å². The largest absolute Gasteiger partial charge is 0.380 e. The van der Waals surface area contributed by atoms with Crippen LogP contribution in [-0.2, 0) is 4.74 Å². The molecule has 0 radical (unpaired) electrons. The van der Waals surface area contributed by atoms with Gasteiger partial charge in [-0.25, -0.2) is 0 Å². The molecule has 0 heterocycles. The molecular formula is C15H31NO. The molecule has 17 heavy (non-hydrogen) atoms. The first-order chi connectivity index (χ1) is 7.68. The fourth-order valence-electron chi connectivity index (χ4n) is 3.65. The molecule has 0 spiro atoms. The van der Waals surface area contributed by atoms with Crippen molar-refractivity contribution in [2.24, 2.45) is 0 Å². The molecule has 0 saturated heterocycles. The third-order valence-electron chi connectivity index (χ3n) is 3.75. The Labute approximate surface area is 108 Å². The molecule has 2 heteroatoms. The Morgan fingerprint density at radius 3 is 1.76 bits per heavy atom. The molecule has 1 aliphatic carbocycles. The van der Waals surface area contributed by atoms with Crippen molar-refractivity contribution in [2.75, 3.05) is 7.11 Å². The fraction of sp³-hybridized carbons (Fsp3) is 1.00. The smallest absolute Gasteiger partial charge is 0.0726 e. The van der Waals surface area contributed by atoms with E-state index in [1.54, 1.807) is 0 Å². The Hall–Kier alpha value is -0.0800. The number of ether oxygens (including phenoxy) is 1. The van der Waals surface area contributed by atoms with Gasteiger partial charge in [-0.15, -0.1) is 0 Å². The van der Waals surface area contributed by atoms with Crippen LogP contribution < -0.4 is 0 Å². The van der Waals surface area contributed by atoms with E-state index in [-0.39, 0.29) is 11.1 Å². The first kappa shape index (κ1) is 15.0. The van der Waals surface area contributed by atoms with E-state index in [9.17, 15) is 0 Å². The van der Waals surface area contributed by atoms with Gasteiger partial charge in [-0.05, 0) is 54.4 Å². The van der Waals surface area contributed by atoms with E-state index >= 15 is 0 Å². The van der Waals surface area contributed by atoms with E-state index in [1.807, 2.05) is 7.11 Å². The minimum Gasteiger partial charge on any atom is -0.380 e. The normalized spacial score (nSPS) is 27.5. The van der Waals surface area contributed by atoms with Gasteiger partial charge in [0, 0.05) is 24.2 Å². The van der Waals surface area contributed by atoms with Crippen LogP contribution in [0.15, 0.2) is 0 Å². The zero-order chi connectivity index (χ0) is 13.3. The average molecular weight is 241 g/mol. The van der Waals surface area contributed by atoms with Crippen LogP contribution >= 0.6 is 0 Å². The van der Waals surface area contributed by atoms with Crippen LogP contribution in [0.3, 0.4) is 0 Å². The highest BCUT2D eigenvalue weighted by molar-refractivity contribution is 4.96. The lowest BCUT2D eigenvalue weighted by Crippen LogP contribution is -2.61. The number of hydrogen-bond acceptors (Lipinski definition) is 2. The highest BCUT2D eigenvalue weighted by Gasteiger charge is 2.41. The molecule has 0 aromatic heterocycles. The van der Waals surface area contributed by atoms with E-state index in [2.05, 4.69) is 46.4 Å². The SMILES string of the molecule is CO[C@H]1CCCC[C@H]1N(C(C)(C)C)C(C)(C)C. The topological polar surface area (TPSA) is 12.5 Å². The number of methoxy groups -OCH3 is 1. The molecule has 1 aliphatic rings. The summed E-state index contributed by atoms with van der Waals surface area (Å²) >= 11 is 0. The van der Waals surface area contributed by atoms with Gasteiger partial charge in [0.05, 0.1) is 6.10 Å². The Morgan fingerprint density at radius 2 is 1.35 bits per heavy atom. The zero-order valence-electron chi connectivity index (χ0n) is 12.8. The highest BCUT2D eigenvalue weighted by Crippen LogP contribution is 2.35. The number of rotatable bonds is 2. The molecule has 0 aromatic rings. The zero-order valence-corrected chi connectivity index (χ0v) is 12.8. The van der Waals surface area contributed by atoms with E-state index < -0.39 is 0 Å². The lowest BCUT2D eigenvalue weighted by atomic mass is 9.84. The Morgan fingerprint density at radius 1 is 0.882 bits per heavy atom. The maximum atomic E-state index is 5.73. The van der Waals surface area contributed by atoms with Gasteiger partial charge in [0.15, 0.2) is 0 Å². The van der Waals surface area contributed by atoms with Crippen LogP contribution in [0.25, 0.3) is 0 Å². The van der Waals surface area contributed by atoms with Crippen LogP contribution in [0.5, 0.6) is 0 Å². The lowest BCUT2D eigenvalue weighted by molar-refractivity contribution is -0.0853. The lowest BCUT2D eigenvalue weighted by Gasteiger charge is -2.53. The predicted octanol–water partition coefficient (Wildman–Crippen LogP) is 3.84. The second kappa shape index (κ2) is 5.27. The third-order valence-corrected chi connectivity index (χ3v) is 3.75. The summed E-state index contributed by atoms with van der Waals surface area (Å²) in [6.45, 7) is 13.9. The predicted molar refractivity (Wildman–Crippen MR) is 74.4 cm³/mol. The van der Waals surface area contributed by atoms with E-state index in [0.717, 1.165) is 0 Å². The van der Waals surface area contributed by atoms with Crippen LogP contribution in [0.1, 0.15) is 67.2 Å². The van der Waals surface area contributed by atoms with Crippen LogP contribution in [-0.4, -0.2) is 35.2 Å². The number of nitrogens with zero attached hydrogens (tertiary/aromatic N) is 1. The molecule has 1 rings (SSSR count). The first-order valence-corrected chi connectivity index (χ1v) is 7.00. The summed E-state index contributed by atoms with van der Waals surface area (Å²) < 4.78 is 5.73. The van der Waals surface area contributed by atoms with E-state index in [1.165, 1.54) is 25.7 Å².